The van der Waals surface area contributed by atoms with Gasteiger partial charge in [0.2, 0.25) is 11.8 Å². The molecular weight excluding hydrogens is 380 g/mol. The fourth-order valence-electron chi connectivity index (χ4n) is 2.71. The molecule has 0 spiro atoms. The first-order chi connectivity index (χ1) is 13.1. The molecule has 2 N–H and O–H groups in total. The van der Waals surface area contributed by atoms with E-state index in [1.54, 1.807) is 0 Å². The Kier molecular flexibility index (Phi) is 7.18. The van der Waals surface area contributed by atoms with Crippen LogP contribution in [0.15, 0.2) is 54.6 Å². The lowest BCUT2D eigenvalue weighted by Crippen LogP contribution is -2.49. The van der Waals surface area contributed by atoms with Crippen molar-refractivity contribution in [2.75, 3.05) is 5.75 Å². The lowest BCUT2D eigenvalue weighted by Gasteiger charge is -2.18. The highest BCUT2D eigenvalue weighted by molar-refractivity contribution is 7.99. The zero-order valence-electron chi connectivity index (χ0n) is 15.0. The van der Waals surface area contributed by atoms with E-state index >= 15 is 0 Å². The van der Waals surface area contributed by atoms with Crippen LogP contribution >= 0.6 is 23.4 Å². The van der Waals surface area contributed by atoms with Crippen LogP contribution < -0.4 is 10.6 Å². The summed E-state index contributed by atoms with van der Waals surface area (Å²) in [4.78, 5) is 24.9. The summed E-state index contributed by atoms with van der Waals surface area (Å²) >= 11 is 7.49. The number of benzene rings is 2. The Labute approximate surface area is 169 Å². The van der Waals surface area contributed by atoms with E-state index in [-0.39, 0.29) is 17.9 Å². The highest BCUT2D eigenvalue weighted by Crippen LogP contribution is 2.19. The molecule has 1 aliphatic carbocycles. The van der Waals surface area contributed by atoms with Crippen molar-refractivity contribution in [3.63, 3.8) is 0 Å². The number of rotatable bonds is 9. The summed E-state index contributed by atoms with van der Waals surface area (Å²) in [6, 6.07) is 17.1. The number of nitrogens with one attached hydrogen (secondary N) is 2. The molecule has 2 amide bonds. The third-order valence-corrected chi connectivity index (χ3v) is 5.49. The van der Waals surface area contributed by atoms with Crippen LogP contribution in [0.1, 0.15) is 24.0 Å². The number of amides is 2. The molecule has 2 aromatic carbocycles. The molecule has 1 fully saturated rings. The Morgan fingerprint density at radius 3 is 2.52 bits per heavy atom. The molecular formula is C21H23ClN2O2S. The van der Waals surface area contributed by atoms with E-state index in [0.717, 1.165) is 24.0 Å². The predicted octanol–water partition coefficient (Wildman–Crippen LogP) is 3.58. The summed E-state index contributed by atoms with van der Waals surface area (Å²) in [6.45, 7) is 0. The third-order valence-electron chi connectivity index (χ3n) is 4.25. The second-order valence-corrected chi connectivity index (χ2v) is 8.14. The quantitative estimate of drug-likeness (QED) is 0.674. The molecule has 6 heteroatoms. The van der Waals surface area contributed by atoms with E-state index in [0.29, 0.717) is 22.9 Å². The molecule has 2 aromatic rings. The maximum absolute atomic E-state index is 12.5. The minimum atomic E-state index is -0.549. The maximum Gasteiger partial charge on any atom is 0.243 e. The summed E-state index contributed by atoms with van der Waals surface area (Å²) in [5.41, 5.74) is 2.10. The molecule has 0 aliphatic heterocycles. The van der Waals surface area contributed by atoms with Crippen LogP contribution in [0.3, 0.4) is 0 Å². The van der Waals surface area contributed by atoms with Gasteiger partial charge in [-0.05, 0) is 36.1 Å². The van der Waals surface area contributed by atoms with Crippen LogP contribution in [-0.2, 0) is 21.8 Å². The largest absolute Gasteiger partial charge is 0.352 e. The monoisotopic (exact) mass is 402 g/mol. The lowest BCUT2D eigenvalue weighted by molar-refractivity contribution is -0.128. The zero-order chi connectivity index (χ0) is 19.1. The van der Waals surface area contributed by atoms with Crippen LogP contribution in [0.2, 0.25) is 5.02 Å². The van der Waals surface area contributed by atoms with E-state index < -0.39 is 6.04 Å². The van der Waals surface area contributed by atoms with Crippen molar-refractivity contribution in [3.8, 4) is 0 Å². The number of thioether (sulfide) groups is 1. The van der Waals surface area contributed by atoms with Crippen molar-refractivity contribution in [3.05, 3.63) is 70.7 Å². The first-order valence-corrected chi connectivity index (χ1v) is 10.6. The SMILES string of the molecule is O=C(CSCc1cccc(Cl)c1)NC(Cc1ccccc1)C(=O)NC1CC1. The van der Waals surface area contributed by atoms with Crippen LogP contribution in [0, 0.1) is 0 Å². The van der Waals surface area contributed by atoms with Gasteiger partial charge in [0.25, 0.3) is 0 Å². The number of carbonyl (C=O) groups excluding carboxylic acids is 2. The second kappa shape index (κ2) is 9.81. The standard InChI is InChI=1S/C21H23ClN2O2S/c22-17-8-4-7-16(11-17)13-27-14-20(25)24-19(21(26)23-18-9-10-18)12-15-5-2-1-3-6-15/h1-8,11,18-19H,9-10,12-14H2,(H,23,26)(H,24,25). The topological polar surface area (TPSA) is 58.2 Å². The van der Waals surface area contributed by atoms with Crippen molar-refractivity contribution >= 4 is 35.2 Å². The smallest absolute Gasteiger partial charge is 0.243 e. The summed E-state index contributed by atoms with van der Waals surface area (Å²) in [5, 5.41) is 6.58. The molecule has 3 rings (SSSR count). The van der Waals surface area contributed by atoms with E-state index in [9.17, 15) is 9.59 Å². The third kappa shape index (κ3) is 6.92. The summed E-state index contributed by atoms with van der Waals surface area (Å²) in [6.07, 6.45) is 2.53. The molecule has 0 bridgehead atoms. The van der Waals surface area contributed by atoms with Crippen LogP contribution in [0.5, 0.6) is 0 Å². The van der Waals surface area contributed by atoms with Gasteiger partial charge in [-0.1, -0.05) is 54.1 Å². The Bertz CT molecular complexity index is 781. The molecule has 4 nitrogen and oxygen atoms in total. The number of carbonyl (C=O) groups is 2. The van der Waals surface area contributed by atoms with Crippen molar-refractivity contribution in [2.24, 2.45) is 0 Å². The van der Waals surface area contributed by atoms with Crippen molar-refractivity contribution in [1.82, 2.24) is 10.6 Å². The molecule has 142 valence electrons. The minimum Gasteiger partial charge on any atom is -0.352 e. The maximum atomic E-state index is 12.5. The van der Waals surface area contributed by atoms with Gasteiger partial charge in [0.05, 0.1) is 5.75 Å². The molecule has 0 heterocycles. The van der Waals surface area contributed by atoms with Gasteiger partial charge >= 0.3 is 0 Å². The van der Waals surface area contributed by atoms with Crippen molar-refractivity contribution in [1.29, 1.82) is 0 Å². The molecule has 0 radical (unpaired) electrons. The average molecular weight is 403 g/mol. The first kappa shape index (κ1) is 19.8. The molecule has 27 heavy (non-hydrogen) atoms. The second-order valence-electron chi connectivity index (χ2n) is 6.72. The van der Waals surface area contributed by atoms with E-state index in [1.807, 2.05) is 54.6 Å². The normalized spacial score (nSPS) is 14.4. The van der Waals surface area contributed by atoms with Gasteiger partial charge in [-0.25, -0.2) is 0 Å². The molecule has 0 aromatic heterocycles. The summed E-state index contributed by atoms with van der Waals surface area (Å²) < 4.78 is 0. The highest BCUT2D eigenvalue weighted by Gasteiger charge is 2.28. The Morgan fingerprint density at radius 2 is 1.81 bits per heavy atom. The van der Waals surface area contributed by atoms with Gasteiger partial charge in [-0.15, -0.1) is 11.8 Å². The Balaban J connectivity index is 1.52. The fraction of sp³-hybridized carbons (Fsp3) is 0.333. The van der Waals surface area contributed by atoms with Gasteiger partial charge in [-0.3, -0.25) is 9.59 Å². The molecule has 1 unspecified atom stereocenters. The van der Waals surface area contributed by atoms with Gasteiger partial charge in [0, 0.05) is 23.2 Å². The molecule has 1 saturated carbocycles. The predicted molar refractivity (Wildman–Crippen MR) is 111 cm³/mol. The van der Waals surface area contributed by atoms with Crippen LogP contribution in [0.25, 0.3) is 0 Å². The highest BCUT2D eigenvalue weighted by atomic mass is 35.5. The number of halogens is 1. The fourth-order valence-corrected chi connectivity index (χ4v) is 3.71. The van der Waals surface area contributed by atoms with E-state index in [1.165, 1.54) is 11.8 Å². The lowest BCUT2D eigenvalue weighted by atomic mass is 10.1. The van der Waals surface area contributed by atoms with Gasteiger partial charge in [-0.2, -0.15) is 0 Å². The van der Waals surface area contributed by atoms with Crippen molar-refractivity contribution in [2.45, 2.75) is 37.1 Å². The summed E-state index contributed by atoms with van der Waals surface area (Å²) in [5.74, 6) is 0.767. The van der Waals surface area contributed by atoms with Gasteiger partial charge < -0.3 is 10.6 Å². The van der Waals surface area contributed by atoms with Crippen LogP contribution in [0.4, 0.5) is 0 Å². The van der Waals surface area contributed by atoms with Crippen LogP contribution in [-0.4, -0.2) is 29.7 Å². The number of hydrogen-bond donors (Lipinski definition) is 2. The van der Waals surface area contributed by atoms with E-state index in [2.05, 4.69) is 10.6 Å². The average Bonchev–Trinajstić information content (AvgIpc) is 3.46. The van der Waals surface area contributed by atoms with E-state index in [4.69, 9.17) is 11.6 Å². The first-order valence-electron chi connectivity index (χ1n) is 9.06. The van der Waals surface area contributed by atoms with Gasteiger partial charge in [0.15, 0.2) is 0 Å². The summed E-state index contributed by atoms with van der Waals surface area (Å²) in [7, 11) is 0. The van der Waals surface area contributed by atoms with Crippen molar-refractivity contribution < 1.29 is 9.59 Å². The minimum absolute atomic E-state index is 0.102. The Hall–Kier alpha value is -1.98. The molecule has 1 aliphatic rings. The molecule has 1 atom stereocenters. The molecule has 0 saturated heterocycles. The van der Waals surface area contributed by atoms with Gasteiger partial charge in [0.1, 0.15) is 6.04 Å². The zero-order valence-corrected chi connectivity index (χ0v) is 16.6. The number of hydrogen-bond acceptors (Lipinski definition) is 3. The Morgan fingerprint density at radius 1 is 1.07 bits per heavy atom.